The molecule has 0 spiro atoms. The van der Waals surface area contributed by atoms with E-state index in [-0.39, 0.29) is 0 Å². The molecule has 0 saturated heterocycles. The monoisotopic (exact) mass is 134 g/mol. The molecule has 0 aliphatic rings. The zero-order chi connectivity index (χ0) is 6.97. The number of aromatic nitrogens is 2. The summed E-state index contributed by atoms with van der Waals surface area (Å²) in [7, 11) is 0. The molecule has 3 nitrogen and oxygen atoms in total. The number of rotatable bonds is 0. The molecule has 2 aromatic heterocycles. The van der Waals surface area contributed by atoms with E-state index in [0.717, 1.165) is 16.7 Å². The summed E-state index contributed by atoms with van der Waals surface area (Å²) >= 11 is 0. The van der Waals surface area contributed by atoms with Crippen molar-refractivity contribution in [3.63, 3.8) is 0 Å². The summed E-state index contributed by atoms with van der Waals surface area (Å²) < 4.78 is 4.86. The van der Waals surface area contributed by atoms with E-state index in [2.05, 4.69) is 10.1 Å². The lowest BCUT2D eigenvalue weighted by molar-refractivity contribution is 0.455. The lowest BCUT2D eigenvalue weighted by atomic mass is 10.3. The van der Waals surface area contributed by atoms with Gasteiger partial charge in [-0.25, -0.2) is 0 Å². The van der Waals surface area contributed by atoms with Crippen LogP contribution in [-0.2, 0) is 0 Å². The molecule has 0 fully saturated rings. The Balaban J connectivity index is 2.86. The Morgan fingerprint density at radius 2 is 2.30 bits per heavy atom. The zero-order valence-electron chi connectivity index (χ0n) is 5.53. The van der Waals surface area contributed by atoms with Crippen molar-refractivity contribution in [2.24, 2.45) is 0 Å². The van der Waals surface area contributed by atoms with Crippen molar-refractivity contribution in [1.29, 1.82) is 0 Å². The minimum absolute atomic E-state index is 0.741. The second-order valence-corrected chi connectivity index (χ2v) is 2.19. The average molecular weight is 134 g/mol. The fourth-order valence-electron chi connectivity index (χ4n) is 0.886. The Morgan fingerprint density at radius 3 is 3.20 bits per heavy atom. The standard InChI is InChI=1S/C7H6N2O/c1-5-2-6-3-9-10-7(6)4-8-5/h2-4H,1H3. The number of hydrogen-bond donors (Lipinski definition) is 0. The molecule has 2 aromatic rings. The van der Waals surface area contributed by atoms with Gasteiger partial charge in [0.15, 0.2) is 5.58 Å². The van der Waals surface area contributed by atoms with Crippen LogP contribution in [-0.4, -0.2) is 10.1 Å². The Morgan fingerprint density at radius 1 is 1.40 bits per heavy atom. The van der Waals surface area contributed by atoms with Crippen LogP contribution in [0.2, 0.25) is 0 Å². The van der Waals surface area contributed by atoms with Crippen LogP contribution < -0.4 is 0 Å². The van der Waals surface area contributed by atoms with Crippen molar-refractivity contribution < 1.29 is 4.52 Å². The van der Waals surface area contributed by atoms with Gasteiger partial charge >= 0.3 is 0 Å². The molecule has 2 rings (SSSR count). The second kappa shape index (κ2) is 1.80. The van der Waals surface area contributed by atoms with E-state index in [1.807, 2.05) is 13.0 Å². The van der Waals surface area contributed by atoms with E-state index >= 15 is 0 Å². The maximum atomic E-state index is 4.86. The smallest absolute Gasteiger partial charge is 0.185 e. The van der Waals surface area contributed by atoms with Gasteiger partial charge in [-0.3, -0.25) is 4.98 Å². The third kappa shape index (κ3) is 0.673. The molecular weight excluding hydrogens is 128 g/mol. The largest absolute Gasteiger partial charge is 0.355 e. The summed E-state index contributed by atoms with van der Waals surface area (Å²) in [6, 6.07) is 1.94. The third-order valence-electron chi connectivity index (χ3n) is 1.38. The van der Waals surface area contributed by atoms with E-state index < -0.39 is 0 Å². The van der Waals surface area contributed by atoms with Crippen LogP contribution >= 0.6 is 0 Å². The topological polar surface area (TPSA) is 38.9 Å². The van der Waals surface area contributed by atoms with E-state index in [4.69, 9.17) is 4.52 Å². The highest BCUT2D eigenvalue weighted by Crippen LogP contribution is 2.11. The quantitative estimate of drug-likeness (QED) is 0.548. The van der Waals surface area contributed by atoms with Gasteiger partial charge in [-0.2, -0.15) is 0 Å². The fraction of sp³-hybridized carbons (Fsp3) is 0.143. The molecule has 3 heteroatoms. The van der Waals surface area contributed by atoms with E-state index in [0.29, 0.717) is 0 Å². The van der Waals surface area contributed by atoms with Gasteiger partial charge in [0.1, 0.15) is 0 Å². The number of aryl methyl sites for hydroxylation is 1. The Hall–Kier alpha value is -1.38. The Kier molecular flexibility index (Phi) is 0.974. The maximum absolute atomic E-state index is 4.86. The van der Waals surface area contributed by atoms with Crippen molar-refractivity contribution >= 4 is 11.0 Å². The maximum Gasteiger partial charge on any atom is 0.185 e. The summed E-state index contributed by atoms with van der Waals surface area (Å²) in [5.41, 5.74) is 1.72. The summed E-state index contributed by atoms with van der Waals surface area (Å²) in [5, 5.41) is 4.63. The van der Waals surface area contributed by atoms with Gasteiger partial charge in [-0.15, -0.1) is 0 Å². The van der Waals surface area contributed by atoms with E-state index in [1.54, 1.807) is 12.4 Å². The molecule has 50 valence electrons. The van der Waals surface area contributed by atoms with E-state index in [9.17, 15) is 0 Å². The first-order valence-electron chi connectivity index (χ1n) is 3.03. The normalized spacial score (nSPS) is 10.5. The van der Waals surface area contributed by atoms with Crippen LogP contribution in [0, 0.1) is 6.92 Å². The summed E-state index contributed by atoms with van der Waals surface area (Å²) in [5.74, 6) is 0. The average Bonchev–Trinajstić information content (AvgIpc) is 2.33. The van der Waals surface area contributed by atoms with Gasteiger partial charge in [-0.05, 0) is 13.0 Å². The first kappa shape index (κ1) is 5.41. The van der Waals surface area contributed by atoms with Crippen LogP contribution in [0.1, 0.15) is 5.69 Å². The Bertz CT molecular complexity index is 353. The molecule has 0 saturated carbocycles. The van der Waals surface area contributed by atoms with Crippen LogP contribution in [0.15, 0.2) is 23.0 Å². The molecule has 0 radical (unpaired) electrons. The fourth-order valence-corrected chi connectivity index (χ4v) is 0.886. The van der Waals surface area contributed by atoms with Gasteiger partial charge < -0.3 is 4.52 Å². The predicted molar refractivity (Wildman–Crippen MR) is 36.5 cm³/mol. The van der Waals surface area contributed by atoms with Crippen molar-refractivity contribution in [2.75, 3.05) is 0 Å². The van der Waals surface area contributed by atoms with Gasteiger partial charge in [0.25, 0.3) is 0 Å². The molecule has 0 aromatic carbocycles. The number of fused-ring (bicyclic) bond motifs is 1. The molecule has 0 amide bonds. The predicted octanol–water partition coefficient (Wildman–Crippen LogP) is 1.53. The highest BCUT2D eigenvalue weighted by Gasteiger charge is 1.96. The minimum atomic E-state index is 0.741. The molecule has 0 aliphatic carbocycles. The molecule has 0 bridgehead atoms. The van der Waals surface area contributed by atoms with Gasteiger partial charge in [0, 0.05) is 11.1 Å². The Labute approximate surface area is 57.7 Å². The van der Waals surface area contributed by atoms with Crippen molar-refractivity contribution in [2.45, 2.75) is 6.92 Å². The first-order chi connectivity index (χ1) is 4.86. The molecule has 0 aliphatic heterocycles. The van der Waals surface area contributed by atoms with Gasteiger partial charge in [0.2, 0.25) is 0 Å². The number of pyridine rings is 1. The van der Waals surface area contributed by atoms with Crippen LogP contribution in [0.25, 0.3) is 11.0 Å². The van der Waals surface area contributed by atoms with Crippen LogP contribution in [0.3, 0.4) is 0 Å². The third-order valence-corrected chi connectivity index (χ3v) is 1.38. The molecule has 0 N–H and O–H groups in total. The van der Waals surface area contributed by atoms with Crippen molar-refractivity contribution in [1.82, 2.24) is 10.1 Å². The molecule has 2 heterocycles. The SMILES string of the molecule is Cc1cc2cnoc2cn1. The first-order valence-corrected chi connectivity index (χ1v) is 3.03. The highest BCUT2D eigenvalue weighted by molar-refractivity contribution is 5.74. The molecule has 10 heavy (non-hydrogen) atoms. The minimum Gasteiger partial charge on any atom is -0.355 e. The van der Waals surface area contributed by atoms with Crippen molar-refractivity contribution in [3.8, 4) is 0 Å². The van der Waals surface area contributed by atoms with Crippen LogP contribution in [0.5, 0.6) is 0 Å². The highest BCUT2D eigenvalue weighted by atomic mass is 16.5. The van der Waals surface area contributed by atoms with Gasteiger partial charge in [0.05, 0.1) is 12.4 Å². The summed E-state index contributed by atoms with van der Waals surface area (Å²) in [6.07, 6.45) is 3.36. The van der Waals surface area contributed by atoms with Crippen LogP contribution in [0.4, 0.5) is 0 Å². The molecule has 0 atom stereocenters. The number of nitrogens with zero attached hydrogens (tertiary/aromatic N) is 2. The number of hydrogen-bond acceptors (Lipinski definition) is 3. The second-order valence-electron chi connectivity index (χ2n) is 2.19. The lowest BCUT2D eigenvalue weighted by Crippen LogP contribution is -1.76. The summed E-state index contributed by atoms with van der Waals surface area (Å²) in [6.45, 7) is 1.94. The lowest BCUT2D eigenvalue weighted by Gasteiger charge is -1.86. The van der Waals surface area contributed by atoms with Gasteiger partial charge in [-0.1, -0.05) is 5.16 Å². The van der Waals surface area contributed by atoms with Crippen molar-refractivity contribution in [3.05, 3.63) is 24.2 Å². The molecular formula is C7H6N2O. The zero-order valence-corrected chi connectivity index (χ0v) is 5.53. The van der Waals surface area contributed by atoms with E-state index in [1.165, 1.54) is 0 Å². The molecule has 0 unspecified atom stereocenters. The summed E-state index contributed by atoms with van der Waals surface area (Å²) in [4.78, 5) is 4.05.